The van der Waals surface area contributed by atoms with Crippen LogP contribution in [0.15, 0.2) is 0 Å². The second-order valence-electron chi connectivity index (χ2n) is 4.32. The predicted molar refractivity (Wildman–Crippen MR) is 110 cm³/mol. The molecule has 0 aromatic heterocycles. The lowest BCUT2D eigenvalue weighted by molar-refractivity contribution is -0.137. The van der Waals surface area contributed by atoms with E-state index in [0.29, 0.717) is 10.7 Å². The molecule has 1 aromatic rings. The van der Waals surface area contributed by atoms with E-state index < -0.39 is 37.0 Å². The Labute approximate surface area is 177 Å². The first-order chi connectivity index (χ1) is 11.1. The van der Waals surface area contributed by atoms with Crippen LogP contribution < -0.4 is 16.4 Å². The zero-order valence-electron chi connectivity index (χ0n) is 11.8. The molecule has 0 spiro atoms. The number of aliphatic hydroxyl groups is 3. The minimum Gasteiger partial charge on any atom is -0.397 e. The van der Waals surface area contributed by atoms with E-state index in [1.54, 1.807) is 0 Å². The number of carbonyl (C=O) groups excluding carboxylic acids is 3. The molecule has 0 heterocycles. The summed E-state index contributed by atoms with van der Waals surface area (Å²) in [5.74, 6) is -2.69. The standard InChI is InChI=1S/C12H12I3N3O6/c13-6-5(11(23)12(24)18-4(22)2-20)7(14)10(8(15)9(6)16)17-3(21)1-19/h11,19-20,23H,1-2,16H2,(H,17,21)(H,18,22,24). The van der Waals surface area contributed by atoms with Gasteiger partial charge < -0.3 is 26.4 Å². The van der Waals surface area contributed by atoms with Gasteiger partial charge in [-0.05, 0) is 67.8 Å². The molecule has 12 heteroatoms. The molecule has 7 N–H and O–H groups in total. The molecule has 0 radical (unpaired) electrons. The van der Waals surface area contributed by atoms with E-state index in [0.717, 1.165) is 0 Å². The minimum atomic E-state index is -1.75. The quantitative estimate of drug-likeness (QED) is 0.184. The van der Waals surface area contributed by atoms with E-state index in [1.165, 1.54) is 0 Å². The molecule has 0 aliphatic heterocycles. The van der Waals surface area contributed by atoms with Gasteiger partial charge in [-0.1, -0.05) is 0 Å². The molecule has 0 bridgehead atoms. The van der Waals surface area contributed by atoms with E-state index in [4.69, 9.17) is 15.9 Å². The Bertz CT molecular complexity index is 697. The molecule has 1 rings (SSSR count). The Morgan fingerprint density at radius 3 is 2.04 bits per heavy atom. The van der Waals surface area contributed by atoms with Gasteiger partial charge in [0.05, 0.1) is 14.9 Å². The molecule has 0 fully saturated rings. The number of carbonyl (C=O) groups is 3. The van der Waals surface area contributed by atoms with Crippen LogP contribution in [0.5, 0.6) is 0 Å². The normalized spacial score (nSPS) is 11.8. The smallest absolute Gasteiger partial charge is 0.260 e. The molecule has 0 aliphatic carbocycles. The number of benzene rings is 1. The highest BCUT2D eigenvalue weighted by Gasteiger charge is 2.29. The Kier molecular flexibility index (Phi) is 8.53. The number of imide groups is 1. The van der Waals surface area contributed by atoms with Gasteiger partial charge in [0.25, 0.3) is 11.8 Å². The van der Waals surface area contributed by atoms with Crippen LogP contribution in [0.25, 0.3) is 0 Å². The SMILES string of the molecule is Nc1c(I)c(NC(=O)CO)c(I)c(C(O)C(=O)NC(=O)CO)c1I. The van der Waals surface area contributed by atoms with Crippen LogP contribution in [-0.2, 0) is 14.4 Å². The monoisotopic (exact) mass is 675 g/mol. The van der Waals surface area contributed by atoms with Crippen molar-refractivity contribution >= 4 is 96.9 Å². The van der Waals surface area contributed by atoms with Crippen LogP contribution in [0.2, 0.25) is 0 Å². The van der Waals surface area contributed by atoms with Crippen LogP contribution in [-0.4, -0.2) is 46.3 Å². The molecule has 24 heavy (non-hydrogen) atoms. The third-order valence-electron chi connectivity index (χ3n) is 2.72. The molecule has 0 saturated carbocycles. The molecular weight excluding hydrogens is 663 g/mol. The second kappa shape index (κ2) is 9.41. The van der Waals surface area contributed by atoms with Gasteiger partial charge in [0.2, 0.25) is 5.91 Å². The van der Waals surface area contributed by atoms with Gasteiger partial charge in [0.15, 0.2) is 6.10 Å². The van der Waals surface area contributed by atoms with Crippen molar-refractivity contribution in [2.75, 3.05) is 24.3 Å². The van der Waals surface area contributed by atoms with Gasteiger partial charge >= 0.3 is 0 Å². The van der Waals surface area contributed by atoms with Crippen LogP contribution in [0.4, 0.5) is 11.4 Å². The van der Waals surface area contributed by atoms with Gasteiger partial charge in [-0.25, -0.2) is 0 Å². The molecule has 3 amide bonds. The summed E-state index contributed by atoms with van der Waals surface area (Å²) in [4.78, 5) is 34.5. The van der Waals surface area contributed by atoms with Gasteiger partial charge in [-0.2, -0.15) is 0 Å². The average Bonchev–Trinajstić information content (AvgIpc) is 2.56. The zero-order chi connectivity index (χ0) is 18.6. The van der Waals surface area contributed by atoms with E-state index in [9.17, 15) is 19.5 Å². The second-order valence-corrected chi connectivity index (χ2v) is 7.56. The fourth-order valence-corrected chi connectivity index (χ4v) is 5.63. The fraction of sp³-hybridized carbons (Fsp3) is 0.250. The van der Waals surface area contributed by atoms with E-state index in [2.05, 4.69) is 5.32 Å². The van der Waals surface area contributed by atoms with Crippen molar-refractivity contribution < 1.29 is 29.7 Å². The number of hydrogen-bond acceptors (Lipinski definition) is 7. The summed E-state index contributed by atoms with van der Waals surface area (Å²) >= 11 is 5.54. The molecule has 0 aliphatic rings. The van der Waals surface area contributed by atoms with Crippen LogP contribution >= 0.6 is 67.8 Å². The van der Waals surface area contributed by atoms with Crippen molar-refractivity contribution in [3.8, 4) is 0 Å². The first kappa shape index (κ1) is 21.7. The van der Waals surface area contributed by atoms with E-state index in [-0.39, 0.29) is 16.9 Å². The summed E-state index contributed by atoms with van der Waals surface area (Å²) in [5.41, 5.74) is 6.52. The van der Waals surface area contributed by atoms with E-state index >= 15 is 0 Å². The number of amides is 3. The summed E-state index contributed by atoms with van der Waals surface area (Å²) in [6.07, 6.45) is -1.75. The van der Waals surface area contributed by atoms with Gasteiger partial charge in [0, 0.05) is 12.7 Å². The summed E-state index contributed by atoms with van der Waals surface area (Å²) in [6.45, 7) is -1.65. The van der Waals surface area contributed by atoms with Gasteiger partial charge in [-0.3, -0.25) is 19.7 Å². The molecule has 1 unspecified atom stereocenters. The number of aliphatic hydroxyl groups excluding tert-OH is 3. The molecule has 1 aromatic carbocycles. The first-order valence-corrected chi connectivity index (χ1v) is 9.38. The third kappa shape index (κ3) is 4.87. The highest BCUT2D eigenvalue weighted by atomic mass is 127. The number of nitrogens with two attached hydrogens (primary N) is 1. The Balaban J connectivity index is 3.39. The maximum Gasteiger partial charge on any atom is 0.260 e. The number of rotatable bonds is 5. The molecule has 1 atom stereocenters. The molecule has 132 valence electrons. The number of nitrogens with one attached hydrogen (secondary N) is 2. The summed E-state index contributed by atoms with van der Waals surface area (Å²) in [6, 6.07) is 0. The average molecular weight is 675 g/mol. The number of hydrogen-bond donors (Lipinski definition) is 6. The van der Waals surface area contributed by atoms with Crippen molar-refractivity contribution in [1.29, 1.82) is 0 Å². The lowest BCUT2D eigenvalue weighted by Crippen LogP contribution is -2.37. The zero-order valence-corrected chi connectivity index (χ0v) is 18.2. The predicted octanol–water partition coefficient (Wildman–Crippen LogP) is -0.318. The fourth-order valence-electron chi connectivity index (χ4n) is 1.61. The maximum absolute atomic E-state index is 11.9. The summed E-state index contributed by atoms with van der Waals surface area (Å²) in [7, 11) is 0. The third-order valence-corrected chi connectivity index (χ3v) is 6.12. The number of nitrogen functional groups attached to an aromatic ring is 1. The van der Waals surface area contributed by atoms with Crippen LogP contribution in [0, 0.1) is 10.7 Å². The van der Waals surface area contributed by atoms with Gasteiger partial charge in [-0.15, -0.1) is 0 Å². The number of anilines is 2. The van der Waals surface area contributed by atoms with Crippen molar-refractivity contribution in [2.45, 2.75) is 6.10 Å². The van der Waals surface area contributed by atoms with Crippen molar-refractivity contribution in [3.63, 3.8) is 0 Å². The summed E-state index contributed by atoms with van der Waals surface area (Å²) < 4.78 is 1.19. The van der Waals surface area contributed by atoms with Crippen molar-refractivity contribution in [1.82, 2.24) is 5.32 Å². The molecule has 9 nitrogen and oxygen atoms in total. The van der Waals surface area contributed by atoms with Gasteiger partial charge in [0.1, 0.15) is 13.2 Å². The van der Waals surface area contributed by atoms with Crippen molar-refractivity contribution in [3.05, 3.63) is 16.3 Å². The molecule has 0 saturated heterocycles. The van der Waals surface area contributed by atoms with Crippen LogP contribution in [0.3, 0.4) is 0 Å². The maximum atomic E-state index is 11.9. The molecular formula is C12H12I3N3O6. The Morgan fingerprint density at radius 2 is 1.54 bits per heavy atom. The van der Waals surface area contributed by atoms with E-state index in [1.807, 2.05) is 73.1 Å². The lowest BCUT2D eigenvalue weighted by Gasteiger charge is -2.20. The lowest BCUT2D eigenvalue weighted by atomic mass is 10.1. The minimum absolute atomic E-state index is 0.102. The highest BCUT2D eigenvalue weighted by Crippen LogP contribution is 2.39. The summed E-state index contributed by atoms with van der Waals surface area (Å²) in [5, 5.41) is 32.1. The Hall–Kier alpha value is -0.300. The van der Waals surface area contributed by atoms with Crippen molar-refractivity contribution in [2.24, 2.45) is 0 Å². The largest absolute Gasteiger partial charge is 0.397 e. The first-order valence-electron chi connectivity index (χ1n) is 6.14. The Morgan fingerprint density at radius 1 is 1.00 bits per heavy atom. The number of halogens is 3. The highest BCUT2D eigenvalue weighted by molar-refractivity contribution is 14.1. The van der Waals surface area contributed by atoms with Crippen LogP contribution in [0.1, 0.15) is 11.7 Å². The topological polar surface area (TPSA) is 162 Å².